The minimum absolute atomic E-state index is 0.105. The van der Waals surface area contributed by atoms with Crippen LogP contribution in [0.2, 0.25) is 0 Å². The summed E-state index contributed by atoms with van der Waals surface area (Å²) in [6, 6.07) is 8.44. The van der Waals surface area contributed by atoms with Crippen LogP contribution in [0.3, 0.4) is 0 Å². The van der Waals surface area contributed by atoms with Gasteiger partial charge in [0.25, 0.3) is 0 Å². The highest BCUT2D eigenvalue weighted by molar-refractivity contribution is 6.06. The Morgan fingerprint density at radius 2 is 1.64 bits per heavy atom. The molecule has 0 aromatic heterocycles. The van der Waals surface area contributed by atoms with Crippen molar-refractivity contribution in [3.8, 4) is 17.2 Å². The molecule has 0 unspecified atom stereocenters. The lowest BCUT2D eigenvalue weighted by Crippen LogP contribution is -1.94. The average molecular weight is 302 g/mol. The van der Waals surface area contributed by atoms with E-state index in [1.807, 2.05) is 0 Å². The Bertz CT molecular complexity index is 680. The van der Waals surface area contributed by atoms with Gasteiger partial charge in [0.05, 0.1) is 14.2 Å². The highest BCUT2D eigenvalue weighted by atomic mass is 19.1. The van der Waals surface area contributed by atoms with Gasteiger partial charge in [0, 0.05) is 5.56 Å². The molecule has 0 atom stereocenters. The molecule has 1 N–H and O–H groups in total. The average Bonchev–Trinajstić information content (AvgIpc) is 2.54. The number of benzene rings is 2. The van der Waals surface area contributed by atoms with Crippen LogP contribution in [0.15, 0.2) is 42.5 Å². The van der Waals surface area contributed by atoms with Crippen LogP contribution in [0, 0.1) is 5.82 Å². The number of hydrogen-bond donors (Lipinski definition) is 1. The molecule has 0 radical (unpaired) electrons. The Kier molecular flexibility index (Phi) is 4.78. The number of phenolic OH excluding ortho intramolecular Hbond substituents is 1. The SMILES string of the molecule is COc1cc(/C=C/C(=O)c2ccc(F)cc2)cc(OC)c1O. The lowest BCUT2D eigenvalue weighted by molar-refractivity contribution is 0.104. The number of aromatic hydroxyl groups is 1. The molecule has 0 amide bonds. The monoisotopic (exact) mass is 302 g/mol. The molecule has 0 heterocycles. The van der Waals surface area contributed by atoms with Crippen LogP contribution in [0.25, 0.3) is 6.08 Å². The minimum Gasteiger partial charge on any atom is -0.502 e. The van der Waals surface area contributed by atoms with Gasteiger partial charge in [-0.05, 0) is 48.0 Å². The molecule has 0 spiro atoms. The van der Waals surface area contributed by atoms with Crippen molar-refractivity contribution in [2.75, 3.05) is 14.2 Å². The summed E-state index contributed by atoms with van der Waals surface area (Å²) in [5, 5.41) is 9.82. The number of halogens is 1. The van der Waals surface area contributed by atoms with Gasteiger partial charge in [-0.15, -0.1) is 0 Å². The normalized spacial score (nSPS) is 10.7. The Balaban J connectivity index is 2.26. The first kappa shape index (κ1) is 15.6. The molecular weight excluding hydrogens is 287 g/mol. The van der Waals surface area contributed by atoms with Crippen molar-refractivity contribution in [3.63, 3.8) is 0 Å². The van der Waals surface area contributed by atoms with Crippen molar-refractivity contribution in [3.05, 3.63) is 59.4 Å². The van der Waals surface area contributed by atoms with Gasteiger partial charge in [0.1, 0.15) is 5.82 Å². The summed E-state index contributed by atoms with van der Waals surface area (Å²) in [6.45, 7) is 0. The number of hydrogen-bond acceptors (Lipinski definition) is 4. The molecule has 114 valence electrons. The van der Waals surface area contributed by atoms with E-state index in [4.69, 9.17) is 9.47 Å². The minimum atomic E-state index is -0.395. The smallest absolute Gasteiger partial charge is 0.200 e. The zero-order valence-corrected chi connectivity index (χ0v) is 12.2. The summed E-state index contributed by atoms with van der Waals surface area (Å²) >= 11 is 0. The summed E-state index contributed by atoms with van der Waals surface area (Å²) in [7, 11) is 2.84. The largest absolute Gasteiger partial charge is 0.502 e. The first-order valence-corrected chi connectivity index (χ1v) is 6.48. The fourth-order valence-electron chi connectivity index (χ4n) is 1.89. The second kappa shape index (κ2) is 6.76. The van der Waals surface area contributed by atoms with Crippen molar-refractivity contribution in [2.24, 2.45) is 0 Å². The third-order valence-corrected chi connectivity index (χ3v) is 3.06. The maximum Gasteiger partial charge on any atom is 0.200 e. The number of carbonyl (C=O) groups excluding carboxylic acids is 1. The van der Waals surface area contributed by atoms with E-state index in [1.54, 1.807) is 18.2 Å². The van der Waals surface area contributed by atoms with Crippen LogP contribution in [0.4, 0.5) is 4.39 Å². The standard InChI is InChI=1S/C17H15FO4/c1-21-15-9-11(10-16(22-2)17(15)20)3-8-14(19)12-4-6-13(18)7-5-12/h3-10,20H,1-2H3/b8-3+. The number of carbonyl (C=O) groups is 1. The molecule has 0 aliphatic carbocycles. The number of rotatable bonds is 5. The number of phenols is 1. The third-order valence-electron chi connectivity index (χ3n) is 3.06. The second-order valence-electron chi connectivity index (χ2n) is 4.48. The van der Waals surface area contributed by atoms with E-state index in [2.05, 4.69) is 0 Å². The first-order valence-electron chi connectivity index (χ1n) is 6.48. The van der Waals surface area contributed by atoms with E-state index in [1.165, 1.54) is 44.6 Å². The van der Waals surface area contributed by atoms with Crippen LogP contribution < -0.4 is 9.47 Å². The maximum absolute atomic E-state index is 12.8. The molecule has 0 saturated heterocycles. The third kappa shape index (κ3) is 3.44. The van der Waals surface area contributed by atoms with Crippen LogP contribution >= 0.6 is 0 Å². The Morgan fingerprint density at radius 1 is 1.09 bits per heavy atom. The van der Waals surface area contributed by atoms with E-state index < -0.39 is 5.82 Å². The van der Waals surface area contributed by atoms with Crippen molar-refractivity contribution in [1.29, 1.82) is 0 Å². The van der Waals surface area contributed by atoms with Gasteiger partial charge >= 0.3 is 0 Å². The van der Waals surface area contributed by atoms with E-state index in [0.717, 1.165) is 0 Å². The Hall–Kier alpha value is -2.82. The van der Waals surface area contributed by atoms with Gasteiger partial charge in [-0.1, -0.05) is 6.08 Å². The lowest BCUT2D eigenvalue weighted by Gasteiger charge is -2.09. The predicted molar refractivity (Wildman–Crippen MR) is 81.0 cm³/mol. The number of ketones is 1. The molecule has 0 aliphatic rings. The van der Waals surface area contributed by atoms with E-state index in [0.29, 0.717) is 11.1 Å². The molecule has 4 nitrogen and oxygen atoms in total. The van der Waals surface area contributed by atoms with Gasteiger partial charge in [-0.2, -0.15) is 0 Å². The van der Waals surface area contributed by atoms with Gasteiger partial charge < -0.3 is 14.6 Å². The lowest BCUT2D eigenvalue weighted by atomic mass is 10.1. The molecule has 2 rings (SSSR count). The number of methoxy groups -OCH3 is 2. The fraction of sp³-hybridized carbons (Fsp3) is 0.118. The summed E-state index contributed by atoms with van der Waals surface area (Å²) in [5.74, 6) is -0.270. The molecule has 0 bridgehead atoms. The second-order valence-corrected chi connectivity index (χ2v) is 4.48. The van der Waals surface area contributed by atoms with Crippen LogP contribution in [-0.4, -0.2) is 25.1 Å². The van der Waals surface area contributed by atoms with Crippen LogP contribution in [0.1, 0.15) is 15.9 Å². The molecule has 2 aromatic carbocycles. The van der Waals surface area contributed by atoms with E-state index in [-0.39, 0.29) is 23.0 Å². The van der Waals surface area contributed by atoms with Gasteiger partial charge in [-0.25, -0.2) is 4.39 Å². The summed E-state index contributed by atoms with van der Waals surface area (Å²) in [6.07, 6.45) is 2.93. The molecule has 0 fully saturated rings. The quantitative estimate of drug-likeness (QED) is 0.679. The summed E-state index contributed by atoms with van der Waals surface area (Å²) < 4.78 is 22.9. The summed E-state index contributed by atoms with van der Waals surface area (Å²) in [4.78, 5) is 12.0. The van der Waals surface area contributed by atoms with Crippen molar-refractivity contribution in [2.45, 2.75) is 0 Å². The van der Waals surface area contributed by atoms with Crippen molar-refractivity contribution in [1.82, 2.24) is 0 Å². The van der Waals surface area contributed by atoms with E-state index >= 15 is 0 Å². The predicted octanol–water partition coefficient (Wildman–Crippen LogP) is 3.44. The molecule has 0 aliphatic heterocycles. The number of allylic oxidation sites excluding steroid dienone is 1. The Morgan fingerprint density at radius 3 is 2.14 bits per heavy atom. The first-order chi connectivity index (χ1) is 10.5. The van der Waals surface area contributed by atoms with Gasteiger partial charge in [0.2, 0.25) is 5.75 Å². The van der Waals surface area contributed by atoms with Gasteiger partial charge in [-0.3, -0.25) is 4.79 Å². The molecule has 2 aromatic rings. The maximum atomic E-state index is 12.8. The van der Waals surface area contributed by atoms with Crippen molar-refractivity contribution < 1.29 is 23.8 Å². The topological polar surface area (TPSA) is 55.8 Å². The summed E-state index contributed by atoms with van der Waals surface area (Å²) in [5.41, 5.74) is 1.01. The Labute approximate surface area is 127 Å². The van der Waals surface area contributed by atoms with Crippen LogP contribution in [0.5, 0.6) is 17.2 Å². The van der Waals surface area contributed by atoms with Crippen molar-refractivity contribution >= 4 is 11.9 Å². The van der Waals surface area contributed by atoms with E-state index in [9.17, 15) is 14.3 Å². The molecule has 5 heteroatoms. The fourth-order valence-corrected chi connectivity index (χ4v) is 1.89. The zero-order chi connectivity index (χ0) is 16.1. The number of ether oxygens (including phenoxy) is 2. The zero-order valence-electron chi connectivity index (χ0n) is 12.2. The molecular formula is C17H15FO4. The van der Waals surface area contributed by atoms with Crippen LogP contribution in [-0.2, 0) is 0 Å². The molecule has 22 heavy (non-hydrogen) atoms. The highest BCUT2D eigenvalue weighted by Crippen LogP contribution is 2.37. The highest BCUT2D eigenvalue weighted by Gasteiger charge is 2.10. The molecule has 0 saturated carbocycles. The van der Waals surface area contributed by atoms with Gasteiger partial charge in [0.15, 0.2) is 17.3 Å².